The smallest absolute Gasteiger partial charge is 0.249 e. The van der Waals surface area contributed by atoms with Crippen molar-refractivity contribution in [3.05, 3.63) is 30.4 Å². The van der Waals surface area contributed by atoms with E-state index in [0.717, 1.165) is 37.8 Å². The van der Waals surface area contributed by atoms with Crippen molar-refractivity contribution >= 4 is 5.91 Å². The third kappa shape index (κ3) is 2.94. The molecule has 3 heterocycles. The van der Waals surface area contributed by atoms with Gasteiger partial charge in [-0.2, -0.15) is 4.98 Å². The molecule has 0 spiro atoms. The van der Waals surface area contributed by atoms with E-state index in [1.54, 1.807) is 19.3 Å². The molecule has 2 aromatic rings. The summed E-state index contributed by atoms with van der Waals surface area (Å²) in [4.78, 5) is 22.2. The van der Waals surface area contributed by atoms with E-state index in [1.807, 2.05) is 17.0 Å². The van der Waals surface area contributed by atoms with Crippen LogP contribution in [0.15, 0.2) is 29.0 Å². The van der Waals surface area contributed by atoms with Crippen LogP contribution in [-0.2, 0) is 4.79 Å². The number of nitrogens with zero attached hydrogens (tertiary/aromatic N) is 4. The normalized spacial score (nSPS) is 19.3. The van der Waals surface area contributed by atoms with Gasteiger partial charge in [0.05, 0.1) is 0 Å². The molecule has 2 aromatic heterocycles. The Kier molecular flexibility index (Phi) is 3.94. The molecule has 0 aliphatic carbocycles. The molecule has 0 bridgehead atoms. The Balaban J connectivity index is 1.88. The fourth-order valence-electron chi connectivity index (χ4n) is 2.72. The molecule has 21 heavy (non-hydrogen) atoms. The SMILES string of the molecule is CC(=O)N1CCCCCC1c1nc(-c2cccnc2)no1. The highest BCUT2D eigenvalue weighted by atomic mass is 16.5. The zero-order chi connectivity index (χ0) is 14.7. The summed E-state index contributed by atoms with van der Waals surface area (Å²) in [5, 5.41) is 4.02. The predicted octanol–water partition coefficient (Wildman–Crippen LogP) is 2.60. The Hall–Kier alpha value is -2.24. The first kappa shape index (κ1) is 13.7. The van der Waals surface area contributed by atoms with Gasteiger partial charge < -0.3 is 9.42 Å². The highest BCUT2D eigenvalue weighted by Crippen LogP contribution is 2.30. The van der Waals surface area contributed by atoms with E-state index in [2.05, 4.69) is 15.1 Å². The van der Waals surface area contributed by atoms with Crippen molar-refractivity contribution in [3.8, 4) is 11.4 Å². The van der Waals surface area contributed by atoms with E-state index >= 15 is 0 Å². The van der Waals surface area contributed by atoms with E-state index in [0.29, 0.717) is 11.7 Å². The van der Waals surface area contributed by atoms with Crippen LogP contribution in [0.3, 0.4) is 0 Å². The van der Waals surface area contributed by atoms with Crippen molar-refractivity contribution < 1.29 is 9.32 Å². The van der Waals surface area contributed by atoms with Gasteiger partial charge in [-0.3, -0.25) is 9.78 Å². The maximum Gasteiger partial charge on any atom is 0.249 e. The summed E-state index contributed by atoms with van der Waals surface area (Å²) in [5.41, 5.74) is 0.815. The monoisotopic (exact) mass is 286 g/mol. The molecule has 0 radical (unpaired) electrons. The van der Waals surface area contributed by atoms with E-state index in [1.165, 1.54) is 0 Å². The largest absolute Gasteiger partial charge is 0.337 e. The summed E-state index contributed by atoms with van der Waals surface area (Å²) in [7, 11) is 0. The zero-order valence-electron chi connectivity index (χ0n) is 12.0. The lowest BCUT2D eigenvalue weighted by molar-refractivity contribution is -0.131. The maximum atomic E-state index is 11.8. The first-order chi connectivity index (χ1) is 10.3. The number of aromatic nitrogens is 3. The molecule has 1 saturated heterocycles. The molecule has 3 rings (SSSR count). The molecule has 0 N–H and O–H groups in total. The van der Waals surface area contributed by atoms with Crippen molar-refractivity contribution in [2.75, 3.05) is 6.54 Å². The zero-order valence-corrected chi connectivity index (χ0v) is 12.0. The average molecular weight is 286 g/mol. The summed E-state index contributed by atoms with van der Waals surface area (Å²) >= 11 is 0. The van der Waals surface area contributed by atoms with Crippen LogP contribution in [0.25, 0.3) is 11.4 Å². The molecular weight excluding hydrogens is 268 g/mol. The fraction of sp³-hybridized carbons (Fsp3) is 0.467. The summed E-state index contributed by atoms with van der Waals surface area (Å²) in [6.07, 6.45) is 7.49. The van der Waals surface area contributed by atoms with Crippen molar-refractivity contribution in [3.63, 3.8) is 0 Å². The number of carbonyl (C=O) groups is 1. The maximum absolute atomic E-state index is 11.8. The standard InChI is InChI=1S/C15H18N4O2/c1-11(20)19-9-4-2-3-7-13(19)15-17-14(18-21-15)12-6-5-8-16-10-12/h5-6,8,10,13H,2-4,7,9H2,1H3. The minimum Gasteiger partial charge on any atom is -0.337 e. The average Bonchev–Trinajstić information content (AvgIpc) is 2.85. The highest BCUT2D eigenvalue weighted by molar-refractivity contribution is 5.73. The van der Waals surface area contributed by atoms with Crippen LogP contribution in [0.4, 0.5) is 0 Å². The summed E-state index contributed by atoms with van der Waals surface area (Å²) in [5.74, 6) is 1.10. The Bertz CT molecular complexity index is 611. The molecule has 1 aliphatic heterocycles. The van der Waals surface area contributed by atoms with Gasteiger partial charge in [0.2, 0.25) is 17.6 Å². The van der Waals surface area contributed by atoms with Gasteiger partial charge in [-0.25, -0.2) is 0 Å². The van der Waals surface area contributed by atoms with Crippen LogP contribution in [0, 0.1) is 0 Å². The number of rotatable bonds is 2. The van der Waals surface area contributed by atoms with Crippen LogP contribution >= 0.6 is 0 Å². The van der Waals surface area contributed by atoms with Crippen LogP contribution in [0.2, 0.25) is 0 Å². The Morgan fingerprint density at radius 2 is 2.29 bits per heavy atom. The molecule has 0 saturated carbocycles. The molecule has 6 heteroatoms. The molecule has 1 amide bonds. The molecule has 1 unspecified atom stereocenters. The quantitative estimate of drug-likeness (QED) is 0.848. The van der Waals surface area contributed by atoms with Gasteiger partial charge in [-0.1, -0.05) is 18.0 Å². The number of amides is 1. The minimum absolute atomic E-state index is 0.0584. The van der Waals surface area contributed by atoms with Gasteiger partial charge in [-0.05, 0) is 25.0 Å². The third-order valence-corrected chi connectivity index (χ3v) is 3.80. The van der Waals surface area contributed by atoms with Crippen LogP contribution in [-0.4, -0.2) is 32.5 Å². The van der Waals surface area contributed by atoms with Gasteiger partial charge in [0.15, 0.2) is 0 Å². The number of hydrogen-bond acceptors (Lipinski definition) is 5. The molecule has 0 aromatic carbocycles. The number of pyridine rings is 1. The van der Waals surface area contributed by atoms with Crippen LogP contribution < -0.4 is 0 Å². The van der Waals surface area contributed by atoms with Crippen molar-refractivity contribution in [1.29, 1.82) is 0 Å². The number of hydrogen-bond donors (Lipinski definition) is 0. The van der Waals surface area contributed by atoms with Crippen molar-refractivity contribution in [2.24, 2.45) is 0 Å². The van der Waals surface area contributed by atoms with Gasteiger partial charge >= 0.3 is 0 Å². The summed E-state index contributed by atoms with van der Waals surface area (Å²) in [6, 6.07) is 3.61. The number of likely N-dealkylation sites (tertiary alicyclic amines) is 1. The minimum atomic E-state index is -0.108. The van der Waals surface area contributed by atoms with Gasteiger partial charge in [0.1, 0.15) is 6.04 Å². The molecule has 6 nitrogen and oxygen atoms in total. The number of carbonyl (C=O) groups excluding carboxylic acids is 1. The van der Waals surface area contributed by atoms with E-state index in [-0.39, 0.29) is 11.9 Å². The van der Waals surface area contributed by atoms with Gasteiger partial charge in [0.25, 0.3) is 0 Å². The first-order valence-electron chi connectivity index (χ1n) is 7.27. The van der Waals surface area contributed by atoms with Crippen molar-refractivity contribution in [2.45, 2.75) is 38.6 Å². The van der Waals surface area contributed by atoms with E-state index in [4.69, 9.17) is 4.52 Å². The molecular formula is C15H18N4O2. The van der Waals surface area contributed by atoms with Gasteiger partial charge in [0, 0.05) is 31.4 Å². The highest BCUT2D eigenvalue weighted by Gasteiger charge is 2.29. The second kappa shape index (κ2) is 6.03. The Morgan fingerprint density at radius 3 is 3.05 bits per heavy atom. The second-order valence-corrected chi connectivity index (χ2v) is 5.28. The van der Waals surface area contributed by atoms with Crippen LogP contribution in [0.5, 0.6) is 0 Å². The fourth-order valence-corrected chi connectivity index (χ4v) is 2.72. The lowest BCUT2D eigenvalue weighted by atomic mass is 10.1. The lowest BCUT2D eigenvalue weighted by Gasteiger charge is -2.25. The molecule has 1 fully saturated rings. The summed E-state index contributed by atoms with van der Waals surface area (Å²) in [6.45, 7) is 2.35. The lowest BCUT2D eigenvalue weighted by Crippen LogP contribution is -2.33. The molecule has 110 valence electrons. The summed E-state index contributed by atoms with van der Waals surface area (Å²) < 4.78 is 5.41. The molecule has 1 atom stereocenters. The van der Waals surface area contributed by atoms with Crippen molar-refractivity contribution in [1.82, 2.24) is 20.0 Å². The van der Waals surface area contributed by atoms with Crippen LogP contribution in [0.1, 0.15) is 44.5 Å². The van der Waals surface area contributed by atoms with E-state index in [9.17, 15) is 4.79 Å². The predicted molar refractivity (Wildman–Crippen MR) is 76.1 cm³/mol. The first-order valence-corrected chi connectivity index (χ1v) is 7.27. The molecule has 1 aliphatic rings. The second-order valence-electron chi connectivity index (χ2n) is 5.28. The Labute approximate surface area is 123 Å². The van der Waals surface area contributed by atoms with E-state index < -0.39 is 0 Å². The third-order valence-electron chi connectivity index (χ3n) is 3.80. The Morgan fingerprint density at radius 1 is 1.38 bits per heavy atom. The van der Waals surface area contributed by atoms with Gasteiger partial charge in [-0.15, -0.1) is 0 Å². The topological polar surface area (TPSA) is 72.1 Å².